The van der Waals surface area contributed by atoms with Gasteiger partial charge in [-0.15, -0.1) is 11.3 Å². The molecule has 0 radical (unpaired) electrons. The summed E-state index contributed by atoms with van der Waals surface area (Å²) in [5.41, 5.74) is 1.36. The molecule has 0 saturated heterocycles. The first-order valence-electron chi connectivity index (χ1n) is 8.33. The Kier molecular flexibility index (Phi) is 4.56. The quantitative estimate of drug-likeness (QED) is 0.439. The Morgan fingerprint density at radius 3 is 2.59 bits per heavy atom. The predicted octanol–water partition coefficient (Wildman–Crippen LogP) is 5.36. The standard InChI is InChI=1S/C21H16N2O3S/c1-13(24)14-9-10-17(18(12-14)25-2)26-21-15-6-3-4-7-16(15)22-20(23-21)19-8-5-11-27-19/h3-12H,1-2H3. The molecule has 2 heterocycles. The van der Waals surface area contributed by atoms with E-state index in [-0.39, 0.29) is 5.78 Å². The van der Waals surface area contributed by atoms with Gasteiger partial charge in [0.15, 0.2) is 23.1 Å². The number of rotatable bonds is 5. The number of para-hydroxylation sites is 1. The van der Waals surface area contributed by atoms with Crippen LogP contribution in [0.2, 0.25) is 0 Å². The van der Waals surface area contributed by atoms with E-state index < -0.39 is 0 Å². The van der Waals surface area contributed by atoms with Gasteiger partial charge in [-0.3, -0.25) is 4.79 Å². The summed E-state index contributed by atoms with van der Waals surface area (Å²) in [6, 6.07) is 16.7. The van der Waals surface area contributed by atoms with Gasteiger partial charge in [-0.2, -0.15) is 4.98 Å². The molecule has 2 aromatic heterocycles. The first-order chi connectivity index (χ1) is 13.2. The molecule has 0 aliphatic heterocycles. The molecule has 6 heteroatoms. The molecular weight excluding hydrogens is 360 g/mol. The lowest BCUT2D eigenvalue weighted by atomic mass is 10.1. The number of fused-ring (bicyclic) bond motifs is 1. The maximum absolute atomic E-state index is 11.6. The summed E-state index contributed by atoms with van der Waals surface area (Å²) >= 11 is 1.57. The Morgan fingerprint density at radius 1 is 1.00 bits per heavy atom. The summed E-state index contributed by atoms with van der Waals surface area (Å²) in [4.78, 5) is 21.9. The molecular formula is C21H16N2O3S. The topological polar surface area (TPSA) is 61.3 Å². The first kappa shape index (κ1) is 17.2. The van der Waals surface area contributed by atoms with Crippen molar-refractivity contribution in [2.24, 2.45) is 0 Å². The second-order valence-corrected chi connectivity index (χ2v) is 6.82. The molecule has 0 atom stereocenters. The van der Waals surface area contributed by atoms with E-state index in [1.165, 1.54) is 6.92 Å². The average Bonchev–Trinajstić information content (AvgIpc) is 3.23. The molecule has 134 valence electrons. The lowest BCUT2D eigenvalue weighted by Gasteiger charge is -2.13. The number of hydrogen-bond donors (Lipinski definition) is 0. The Hall–Kier alpha value is -3.25. The SMILES string of the molecule is COc1cc(C(C)=O)ccc1Oc1nc(-c2cccs2)nc2ccccc12. The van der Waals surface area contributed by atoms with Gasteiger partial charge in [-0.1, -0.05) is 18.2 Å². The number of carbonyl (C=O) groups excluding carboxylic acids is 1. The highest BCUT2D eigenvalue weighted by Crippen LogP contribution is 2.36. The van der Waals surface area contributed by atoms with Crippen molar-refractivity contribution < 1.29 is 14.3 Å². The van der Waals surface area contributed by atoms with Gasteiger partial charge in [0.1, 0.15) is 0 Å². The fourth-order valence-corrected chi connectivity index (χ4v) is 3.37. The lowest BCUT2D eigenvalue weighted by molar-refractivity contribution is 0.101. The van der Waals surface area contributed by atoms with Gasteiger partial charge in [-0.25, -0.2) is 4.98 Å². The summed E-state index contributed by atoms with van der Waals surface area (Å²) in [6.45, 7) is 1.51. The van der Waals surface area contributed by atoms with Crippen molar-refractivity contribution in [1.29, 1.82) is 0 Å². The van der Waals surface area contributed by atoms with Crippen LogP contribution in [0.3, 0.4) is 0 Å². The summed E-state index contributed by atoms with van der Waals surface area (Å²) in [7, 11) is 1.54. The number of ketones is 1. The first-order valence-corrected chi connectivity index (χ1v) is 9.21. The maximum Gasteiger partial charge on any atom is 0.230 e. The zero-order chi connectivity index (χ0) is 18.8. The number of ether oxygens (including phenoxy) is 2. The van der Waals surface area contributed by atoms with E-state index in [1.807, 2.05) is 41.8 Å². The zero-order valence-electron chi connectivity index (χ0n) is 14.8. The molecule has 4 rings (SSSR count). The van der Waals surface area contributed by atoms with Crippen molar-refractivity contribution in [3.8, 4) is 28.1 Å². The third kappa shape index (κ3) is 3.39. The fourth-order valence-electron chi connectivity index (χ4n) is 2.72. The van der Waals surface area contributed by atoms with Crippen LogP contribution < -0.4 is 9.47 Å². The van der Waals surface area contributed by atoms with Crippen LogP contribution in [-0.2, 0) is 0 Å². The minimum atomic E-state index is -0.0349. The van der Waals surface area contributed by atoms with Gasteiger partial charge in [0, 0.05) is 5.56 Å². The van der Waals surface area contributed by atoms with Crippen molar-refractivity contribution in [3.63, 3.8) is 0 Å². The van der Waals surface area contributed by atoms with Crippen molar-refractivity contribution in [2.75, 3.05) is 7.11 Å². The van der Waals surface area contributed by atoms with Crippen LogP contribution in [0.15, 0.2) is 60.0 Å². The van der Waals surface area contributed by atoms with E-state index in [2.05, 4.69) is 9.97 Å². The summed E-state index contributed by atoms with van der Waals surface area (Å²) in [6.07, 6.45) is 0. The molecule has 0 fully saturated rings. The molecule has 0 saturated carbocycles. The number of carbonyl (C=O) groups is 1. The van der Waals surface area contributed by atoms with Gasteiger partial charge in [0.25, 0.3) is 0 Å². The predicted molar refractivity (Wildman–Crippen MR) is 106 cm³/mol. The molecule has 4 aromatic rings. The van der Waals surface area contributed by atoms with Crippen molar-refractivity contribution in [2.45, 2.75) is 6.92 Å². The Balaban J connectivity index is 1.83. The minimum absolute atomic E-state index is 0.0349. The number of Topliss-reactive ketones (excluding diaryl/α,β-unsaturated/α-hetero) is 1. The molecule has 5 nitrogen and oxygen atoms in total. The molecule has 0 aliphatic carbocycles. The monoisotopic (exact) mass is 376 g/mol. The van der Waals surface area contributed by atoms with Crippen LogP contribution in [0.1, 0.15) is 17.3 Å². The third-order valence-electron chi connectivity index (χ3n) is 4.09. The maximum atomic E-state index is 11.6. The van der Waals surface area contributed by atoms with Crippen LogP contribution in [-0.4, -0.2) is 22.9 Å². The van der Waals surface area contributed by atoms with E-state index in [0.717, 1.165) is 15.8 Å². The van der Waals surface area contributed by atoms with Crippen LogP contribution in [0.4, 0.5) is 0 Å². The number of benzene rings is 2. The fraction of sp³-hybridized carbons (Fsp3) is 0.0952. The van der Waals surface area contributed by atoms with Crippen LogP contribution >= 0.6 is 11.3 Å². The van der Waals surface area contributed by atoms with E-state index in [0.29, 0.717) is 28.8 Å². The van der Waals surface area contributed by atoms with Gasteiger partial charge >= 0.3 is 0 Å². The van der Waals surface area contributed by atoms with E-state index >= 15 is 0 Å². The normalized spacial score (nSPS) is 10.7. The van der Waals surface area contributed by atoms with Gasteiger partial charge in [0.05, 0.1) is 22.9 Å². The number of methoxy groups -OCH3 is 1. The van der Waals surface area contributed by atoms with Gasteiger partial charge in [-0.05, 0) is 48.7 Å². The second kappa shape index (κ2) is 7.17. The molecule has 0 aliphatic rings. The van der Waals surface area contributed by atoms with Crippen molar-refractivity contribution in [3.05, 3.63) is 65.5 Å². The summed E-state index contributed by atoms with van der Waals surface area (Å²) in [5, 5.41) is 2.79. The zero-order valence-corrected chi connectivity index (χ0v) is 15.6. The van der Waals surface area contributed by atoms with Crippen LogP contribution in [0.5, 0.6) is 17.4 Å². The van der Waals surface area contributed by atoms with Crippen molar-refractivity contribution >= 4 is 28.0 Å². The molecule has 0 amide bonds. The Bertz CT molecular complexity index is 1120. The molecule has 27 heavy (non-hydrogen) atoms. The van der Waals surface area contributed by atoms with Gasteiger partial charge in [0.2, 0.25) is 5.88 Å². The minimum Gasteiger partial charge on any atom is -0.493 e. The Morgan fingerprint density at radius 2 is 1.85 bits per heavy atom. The second-order valence-electron chi connectivity index (χ2n) is 5.87. The number of hydrogen-bond acceptors (Lipinski definition) is 6. The molecule has 2 aromatic carbocycles. The van der Waals surface area contributed by atoms with Crippen molar-refractivity contribution in [1.82, 2.24) is 9.97 Å². The molecule has 0 spiro atoms. The summed E-state index contributed by atoms with van der Waals surface area (Å²) < 4.78 is 11.5. The number of aromatic nitrogens is 2. The molecule has 0 N–H and O–H groups in total. The molecule has 0 unspecified atom stereocenters. The summed E-state index contributed by atoms with van der Waals surface area (Å²) in [5.74, 6) is 1.98. The highest BCUT2D eigenvalue weighted by molar-refractivity contribution is 7.13. The molecule has 0 bridgehead atoms. The van der Waals surface area contributed by atoms with Gasteiger partial charge < -0.3 is 9.47 Å². The lowest BCUT2D eigenvalue weighted by Crippen LogP contribution is -1.98. The van der Waals surface area contributed by atoms with E-state index in [4.69, 9.17) is 9.47 Å². The van der Waals surface area contributed by atoms with E-state index in [9.17, 15) is 4.79 Å². The smallest absolute Gasteiger partial charge is 0.230 e. The average molecular weight is 376 g/mol. The van der Waals surface area contributed by atoms with Crippen LogP contribution in [0.25, 0.3) is 21.6 Å². The highest BCUT2D eigenvalue weighted by atomic mass is 32.1. The Labute approximate surface area is 160 Å². The van der Waals surface area contributed by atoms with E-state index in [1.54, 1.807) is 36.6 Å². The third-order valence-corrected chi connectivity index (χ3v) is 4.95. The number of nitrogens with zero attached hydrogens (tertiary/aromatic N) is 2. The largest absolute Gasteiger partial charge is 0.493 e. The highest BCUT2D eigenvalue weighted by Gasteiger charge is 2.15. The number of thiophene rings is 1. The van der Waals surface area contributed by atoms with Crippen LogP contribution in [0, 0.1) is 0 Å².